The number of para-hydroxylation sites is 1. The van der Waals surface area contributed by atoms with E-state index >= 15 is 0 Å². The first kappa shape index (κ1) is 15.9. The summed E-state index contributed by atoms with van der Waals surface area (Å²) in [6.45, 7) is 3.93. The Balaban J connectivity index is 1.34. The van der Waals surface area contributed by atoms with Gasteiger partial charge in [-0.15, -0.1) is 0 Å². The van der Waals surface area contributed by atoms with Crippen molar-refractivity contribution in [1.82, 2.24) is 10.2 Å². The normalized spacial score (nSPS) is 14.9. The van der Waals surface area contributed by atoms with Gasteiger partial charge in [-0.1, -0.05) is 42.5 Å². The molecule has 4 heteroatoms. The number of nitrogens with zero attached hydrogens (tertiary/aromatic N) is 1. The van der Waals surface area contributed by atoms with E-state index in [1.165, 1.54) is 31.5 Å². The van der Waals surface area contributed by atoms with Crippen LogP contribution < -0.4 is 5.32 Å². The molecule has 1 aliphatic rings. The molecule has 4 rings (SSSR count). The lowest BCUT2D eigenvalue weighted by Crippen LogP contribution is -2.22. The number of rotatable bonds is 5. The predicted molar refractivity (Wildman–Crippen MR) is 98.3 cm³/mol. The van der Waals surface area contributed by atoms with E-state index in [2.05, 4.69) is 34.5 Å². The second-order valence-electron chi connectivity index (χ2n) is 6.63. The third kappa shape index (κ3) is 3.74. The molecule has 0 atom stereocenters. The fourth-order valence-corrected chi connectivity index (χ4v) is 3.32. The number of amides is 1. The third-order valence-electron chi connectivity index (χ3n) is 4.73. The summed E-state index contributed by atoms with van der Waals surface area (Å²) in [5.74, 6) is 0.171. The molecule has 0 unspecified atom stereocenters. The van der Waals surface area contributed by atoms with Crippen molar-refractivity contribution in [3.8, 4) is 0 Å². The molecule has 0 aliphatic carbocycles. The fourth-order valence-electron chi connectivity index (χ4n) is 3.32. The molecule has 0 radical (unpaired) electrons. The smallest absolute Gasteiger partial charge is 0.287 e. The van der Waals surface area contributed by atoms with Gasteiger partial charge in [0.2, 0.25) is 0 Å². The van der Waals surface area contributed by atoms with Gasteiger partial charge >= 0.3 is 0 Å². The van der Waals surface area contributed by atoms with E-state index in [0.717, 1.165) is 23.1 Å². The van der Waals surface area contributed by atoms with Gasteiger partial charge in [-0.2, -0.15) is 0 Å². The van der Waals surface area contributed by atoms with E-state index in [1.54, 1.807) is 6.07 Å². The van der Waals surface area contributed by atoms with Gasteiger partial charge in [-0.05, 0) is 49.2 Å². The van der Waals surface area contributed by atoms with Crippen molar-refractivity contribution in [3.63, 3.8) is 0 Å². The van der Waals surface area contributed by atoms with Crippen LogP contribution in [0.15, 0.2) is 59.0 Å². The molecule has 1 amide bonds. The molecule has 1 saturated heterocycles. The lowest BCUT2D eigenvalue weighted by molar-refractivity contribution is 0.0925. The van der Waals surface area contributed by atoms with Crippen LogP contribution in [0.1, 0.15) is 34.5 Å². The molecule has 0 bridgehead atoms. The highest BCUT2D eigenvalue weighted by molar-refractivity contribution is 5.95. The summed E-state index contributed by atoms with van der Waals surface area (Å²) < 4.78 is 5.59. The van der Waals surface area contributed by atoms with Crippen LogP contribution in [0.4, 0.5) is 0 Å². The van der Waals surface area contributed by atoms with Gasteiger partial charge in [0.1, 0.15) is 5.58 Å². The lowest BCUT2D eigenvalue weighted by Gasteiger charge is -2.14. The fraction of sp³-hybridized carbons (Fsp3) is 0.286. The number of likely N-dealkylation sites (tertiary alicyclic amines) is 1. The van der Waals surface area contributed by atoms with Crippen LogP contribution in [-0.2, 0) is 13.1 Å². The van der Waals surface area contributed by atoms with Gasteiger partial charge in [0.05, 0.1) is 0 Å². The van der Waals surface area contributed by atoms with E-state index < -0.39 is 0 Å². The van der Waals surface area contributed by atoms with E-state index in [-0.39, 0.29) is 5.91 Å². The Labute approximate surface area is 147 Å². The zero-order chi connectivity index (χ0) is 17.1. The molecule has 2 heterocycles. The van der Waals surface area contributed by atoms with Crippen LogP contribution in [0, 0.1) is 0 Å². The molecule has 1 N–H and O–H groups in total. The summed E-state index contributed by atoms with van der Waals surface area (Å²) >= 11 is 0. The summed E-state index contributed by atoms with van der Waals surface area (Å²) in [6, 6.07) is 17.9. The third-order valence-corrected chi connectivity index (χ3v) is 4.73. The molecule has 2 aromatic carbocycles. The van der Waals surface area contributed by atoms with E-state index in [1.807, 2.05) is 24.3 Å². The molecule has 25 heavy (non-hydrogen) atoms. The standard InChI is InChI=1S/C21H22N2O2/c24-21(20-13-18-5-1-2-6-19(18)25-20)22-14-16-7-9-17(10-8-16)15-23-11-3-4-12-23/h1-2,5-10,13H,3-4,11-12,14-15H2,(H,22,24). The summed E-state index contributed by atoms with van der Waals surface area (Å²) in [5.41, 5.74) is 3.16. The zero-order valence-corrected chi connectivity index (χ0v) is 14.2. The highest BCUT2D eigenvalue weighted by Crippen LogP contribution is 2.19. The molecule has 1 aromatic heterocycles. The van der Waals surface area contributed by atoms with E-state index in [9.17, 15) is 4.79 Å². The summed E-state index contributed by atoms with van der Waals surface area (Å²) in [5, 5.41) is 3.87. The van der Waals surface area contributed by atoms with Gasteiger partial charge in [0.15, 0.2) is 5.76 Å². The second-order valence-corrected chi connectivity index (χ2v) is 6.63. The molecule has 4 nitrogen and oxygen atoms in total. The molecule has 128 valence electrons. The first-order valence-corrected chi connectivity index (χ1v) is 8.85. The quantitative estimate of drug-likeness (QED) is 0.768. The predicted octanol–water partition coefficient (Wildman–Crippen LogP) is 3.96. The largest absolute Gasteiger partial charge is 0.451 e. The summed E-state index contributed by atoms with van der Waals surface area (Å²) in [4.78, 5) is 14.8. The maximum absolute atomic E-state index is 12.3. The maximum Gasteiger partial charge on any atom is 0.287 e. The highest BCUT2D eigenvalue weighted by Gasteiger charge is 2.13. The molecular weight excluding hydrogens is 312 g/mol. The molecule has 1 fully saturated rings. The Bertz CT molecular complexity index is 828. The SMILES string of the molecule is O=C(NCc1ccc(CN2CCCC2)cc1)c1cc2ccccc2o1. The minimum Gasteiger partial charge on any atom is -0.451 e. The number of hydrogen-bond donors (Lipinski definition) is 1. The molecule has 1 aliphatic heterocycles. The number of nitrogens with one attached hydrogen (secondary N) is 1. The number of hydrogen-bond acceptors (Lipinski definition) is 3. The van der Waals surface area contributed by atoms with Gasteiger partial charge in [-0.3, -0.25) is 9.69 Å². The van der Waals surface area contributed by atoms with Crippen molar-refractivity contribution >= 4 is 16.9 Å². The first-order chi connectivity index (χ1) is 12.3. The van der Waals surface area contributed by atoms with E-state index in [0.29, 0.717) is 12.3 Å². The van der Waals surface area contributed by atoms with Crippen molar-refractivity contribution in [2.75, 3.05) is 13.1 Å². The average Bonchev–Trinajstić information content (AvgIpc) is 3.30. The van der Waals surface area contributed by atoms with Crippen LogP contribution in [0.25, 0.3) is 11.0 Å². The Hall–Kier alpha value is -2.59. The van der Waals surface area contributed by atoms with Gasteiger partial charge in [0, 0.05) is 18.5 Å². The Kier molecular flexibility index (Phi) is 4.53. The Morgan fingerprint density at radius 3 is 2.48 bits per heavy atom. The van der Waals surface area contributed by atoms with Gasteiger partial charge < -0.3 is 9.73 Å². The summed E-state index contributed by atoms with van der Waals surface area (Å²) in [7, 11) is 0. The van der Waals surface area contributed by atoms with Crippen molar-refractivity contribution in [2.24, 2.45) is 0 Å². The van der Waals surface area contributed by atoms with Crippen molar-refractivity contribution in [1.29, 1.82) is 0 Å². The maximum atomic E-state index is 12.3. The minimum atomic E-state index is -0.183. The lowest BCUT2D eigenvalue weighted by atomic mass is 10.1. The Morgan fingerprint density at radius 2 is 1.72 bits per heavy atom. The zero-order valence-electron chi connectivity index (χ0n) is 14.2. The molecular formula is C21H22N2O2. The average molecular weight is 334 g/mol. The molecule has 0 saturated carbocycles. The van der Waals surface area contributed by atoms with Gasteiger partial charge in [0.25, 0.3) is 5.91 Å². The van der Waals surface area contributed by atoms with Crippen LogP contribution in [0.3, 0.4) is 0 Å². The first-order valence-electron chi connectivity index (χ1n) is 8.85. The van der Waals surface area contributed by atoms with Crippen molar-refractivity contribution in [3.05, 3.63) is 71.5 Å². The highest BCUT2D eigenvalue weighted by atomic mass is 16.3. The van der Waals surface area contributed by atoms with Crippen LogP contribution >= 0.6 is 0 Å². The molecule has 3 aromatic rings. The number of benzene rings is 2. The van der Waals surface area contributed by atoms with E-state index in [4.69, 9.17) is 4.42 Å². The number of carbonyl (C=O) groups excluding carboxylic acids is 1. The minimum absolute atomic E-state index is 0.183. The van der Waals surface area contributed by atoms with Crippen LogP contribution in [-0.4, -0.2) is 23.9 Å². The Morgan fingerprint density at radius 1 is 1.00 bits per heavy atom. The number of carbonyl (C=O) groups is 1. The van der Waals surface area contributed by atoms with Crippen LogP contribution in [0.5, 0.6) is 0 Å². The van der Waals surface area contributed by atoms with Crippen molar-refractivity contribution in [2.45, 2.75) is 25.9 Å². The summed E-state index contributed by atoms with van der Waals surface area (Å²) in [6.07, 6.45) is 2.62. The van der Waals surface area contributed by atoms with Gasteiger partial charge in [-0.25, -0.2) is 0 Å². The topological polar surface area (TPSA) is 45.5 Å². The number of fused-ring (bicyclic) bond motifs is 1. The monoisotopic (exact) mass is 334 g/mol. The second kappa shape index (κ2) is 7.11. The molecule has 0 spiro atoms. The number of furan rings is 1. The van der Waals surface area contributed by atoms with Crippen molar-refractivity contribution < 1.29 is 9.21 Å². The van der Waals surface area contributed by atoms with Crippen LogP contribution in [0.2, 0.25) is 0 Å².